The summed E-state index contributed by atoms with van der Waals surface area (Å²) >= 11 is 0. The average Bonchev–Trinajstić information content (AvgIpc) is 2.95. The van der Waals surface area contributed by atoms with E-state index >= 15 is 0 Å². The molecule has 0 N–H and O–H groups in total. The molecule has 0 aliphatic carbocycles. The average molecular weight is 657 g/mol. The Hall–Kier alpha value is -0.308. The van der Waals surface area contributed by atoms with Crippen LogP contribution in [-0.4, -0.2) is 30.3 Å². The molecule has 165 valence electrons. The molecule has 0 amide bonds. The van der Waals surface area contributed by atoms with Gasteiger partial charge in [-0.15, -0.1) is 25.5 Å². The number of carbonyl (C=O) groups excluding carboxylic acids is 1. The van der Waals surface area contributed by atoms with E-state index in [1.165, 1.54) is 23.3 Å². The van der Waals surface area contributed by atoms with Gasteiger partial charge in [0.1, 0.15) is 5.82 Å². The van der Waals surface area contributed by atoms with Crippen LogP contribution >= 0.6 is 12.4 Å². The Morgan fingerprint density at radius 1 is 1.06 bits per heavy atom. The van der Waals surface area contributed by atoms with Crippen LogP contribution in [0.5, 0.6) is 0 Å². The summed E-state index contributed by atoms with van der Waals surface area (Å²) in [6.07, 6.45) is 6.06. The fraction of sp³-hybridized carbons (Fsp3) is 0.480. The number of ketones is 1. The van der Waals surface area contributed by atoms with Crippen LogP contribution in [0.3, 0.4) is 0 Å². The van der Waals surface area contributed by atoms with Crippen molar-refractivity contribution in [3.63, 3.8) is 0 Å². The maximum absolute atomic E-state index is 13.2. The number of rotatable bonds is 6. The van der Waals surface area contributed by atoms with Crippen molar-refractivity contribution in [2.24, 2.45) is 5.92 Å². The predicted octanol–water partition coefficient (Wildman–Crippen LogP) is 5.94. The van der Waals surface area contributed by atoms with Crippen molar-refractivity contribution in [1.29, 1.82) is 0 Å². The first-order chi connectivity index (χ1) is 14.2. The molecule has 2 aromatic carbocycles. The monoisotopic (exact) mass is 656 g/mol. The minimum atomic E-state index is -0.194. The molecule has 1 fully saturated rings. The second-order valence-corrected chi connectivity index (χ2v) is 8.50. The number of halogens is 2. The number of piperidine rings is 1. The maximum atomic E-state index is 13.2. The Morgan fingerprint density at radius 3 is 2.55 bits per heavy atom. The van der Waals surface area contributed by atoms with Gasteiger partial charge < -0.3 is 5.32 Å². The van der Waals surface area contributed by atoms with Gasteiger partial charge in [0.25, 0.3) is 0 Å². The Kier molecular flexibility index (Phi) is 11.7. The quantitative estimate of drug-likeness (QED) is 0.361. The first-order valence-electron chi connectivity index (χ1n) is 10.9. The first kappa shape index (κ1) is 26.9. The molecule has 2 aromatic rings. The Morgan fingerprint density at radius 2 is 1.81 bits per heavy atom. The molecule has 4 rings (SSSR count). The molecule has 31 heavy (non-hydrogen) atoms. The van der Waals surface area contributed by atoms with E-state index in [-0.39, 0.29) is 68.1 Å². The van der Waals surface area contributed by atoms with E-state index in [1.54, 1.807) is 0 Å². The minimum absolute atomic E-state index is 0. The van der Waals surface area contributed by atoms with E-state index in [1.807, 2.05) is 18.2 Å². The number of hydrogen-bond donors (Lipinski definition) is 0. The minimum Gasteiger partial charge on any atom is -0.662 e. The van der Waals surface area contributed by atoms with Crippen LogP contribution in [-0.2, 0) is 19.5 Å². The maximum Gasteiger partial charge on any atom is 0.162 e. The first-order valence-corrected chi connectivity index (χ1v) is 10.9. The van der Waals surface area contributed by atoms with Crippen LogP contribution in [0.25, 0.3) is 5.32 Å². The van der Waals surface area contributed by atoms with Gasteiger partial charge in [-0.2, -0.15) is 0 Å². The fourth-order valence-electron chi connectivity index (χ4n) is 4.56. The van der Waals surface area contributed by atoms with Gasteiger partial charge in [-0.05, 0) is 66.6 Å². The molecule has 1 radical (unpaired) electrons. The number of carbonyl (C=O) groups is 1. The number of Topliss-reactive ketones (excluding diaryl/α,β-unsaturated/α-hetero) is 1. The Balaban J connectivity index is 0.00000171. The van der Waals surface area contributed by atoms with Gasteiger partial charge in [-0.25, -0.2) is 4.39 Å². The zero-order valence-electron chi connectivity index (χ0n) is 18.1. The second-order valence-electron chi connectivity index (χ2n) is 8.50. The predicted molar refractivity (Wildman–Crippen MR) is 122 cm³/mol. The SMILES string of the molecule is Cl.O=C(CCC1CC[N-]CC1)c1ccc2c(c1)CN(Cc1ccc(F)cc1)CCC2.[Ac]. The summed E-state index contributed by atoms with van der Waals surface area (Å²) in [6, 6.07) is 13.1. The molecule has 3 nitrogen and oxygen atoms in total. The van der Waals surface area contributed by atoms with Gasteiger partial charge in [0.2, 0.25) is 0 Å². The van der Waals surface area contributed by atoms with Crippen molar-refractivity contribution in [1.82, 2.24) is 4.90 Å². The van der Waals surface area contributed by atoms with E-state index in [2.05, 4.69) is 22.3 Å². The molecule has 1 saturated heterocycles. The third-order valence-corrected chi connectivity index (χ3v) is 6.33. The molecule has 2 aliphatic rings. The van der Waals surface area contributed by atoms with Crippen molar-refractivity contribution in [2.45, 2.75) is 51.6 Å². The smallest absolute Gasteiger partial charge is 0.162 e. The van der Waals surface area contributed by atoms with Gasteiger partial charge in [0.15, 0.2) is 5.78 Å². The molecule has 2 heterocycles. The third-order valence-electron chi connectivity index (χ3n) is 6.33. The van der Waals surface area contributed by atoms with E-state index < -0.39 is 0 Å². The van der Waals surface area contributed by atoms with Crippen LogP contribution in [0, 0.1) is 55.8 Å². The van der Waals surface area contributed by atoms with E-state index in [0.717, 1.165) is 76.0 Å². The zero-order chi connectivity index (χ0) is 20.1. The molecule has 0 bridgehead atoms. The molecule has 0 atom stereocenters. The normalized spacial score (nSPS) is 17.1. The van der Waals surface area contributed by atoms with Crippen LogP contribution in [0.1, 0.15) is 59.2 Å². The van der Waals surface area contributed by atoms with E-state index in [9.17, 15) is 9.18 Å². The molecular formula is C25H31AcClFN2O-. The summed E-state index contributed by atoms with van der Waals surface area (Å²) < 4.78 is 13.2. The summed E-state index contributed by atoms with van der Waals surface area (Å²) in [6.45, 7) is 4.59. The van der Waals surface area contributed by atoms with E-state index in [0.29, 0.717) is 12.3 Å². The number of nitrogens with zero attached hydrogens (tertiary/aromatic N) is 2. The molecule has 0 unspecified atom stereocenters. The molecule has 0 aromatic heterocycles. The number of fused-ring (bicyclic) bond motifs is 1. The van der Waals surface area contributed by atoms with Crippen molar-refractivity contribution in [2.75, 3.05) is 19.6 Å². The Bertz CT molecular complexity index is 840. The van der Waals surface area contributed by atoms with Gasteiger partial charge >= 0.3 is 0 Å². The number of aryl methyl sites for hydroxylation is 1. The third kappa shape index (κ3) is 7.90. The number of benzene rings is 2. The largest absolute Gasteiger partial charge is 0.662 e. The molecular weight excluding hydrogens is 626 g/mol. The van der Waals surface area contributed by atoms with Crippen molar-refractivity contribution in [3.8, 4) is 0 Å². The topological polar surface area (TPSA) is 34.4 Å². The van der Waals surface area contributed by atoms with Crippen LogP contribution in [0.15, 0.2) is 42.5 Å². The molecule has 0 saturated carbocycles. The molecule has 0 spiro atoms. The van der Waals surface area contributed by atoms with Crippen LogP contribution in [0.2, 0.25) is 0 Å². The summed E-state index contributed by atoms with van der Waals surface area (Å²) in [7, 11) is 0. The van der Waals surface area contributed by atoms with Gasteiger partial charge in [0.05, 0.1) is 0 Å². The van der Waals surface area contributed by atoms with Crippen molar-refractivity contribution < 1.29 is 53.2 Å². The molecule has 2 aliphatic heterocycles. The fourth-order valence-corrected chi connectivity index (χ4v) is 4.56. The van der Waals surface area contributed by atoms with Crippen molar-refractivity contribution in [3.05, 3.63) is 75.9 Å². The van der Waals surface area contributed by atoms with Crippen LogP contribution < -0.4 is 0 Å². The Labute approximate surface area is 227 Å². The van der Waals surface area contributed by atoms with E-state index in [4.69, 9.17) is 0 Å². The standard InChI is InChI=1S/C25H30FN2O.Ac.ClH/c26-24-8-3-20(4-9-24)17-28-15-1-2-21-6-7-22(16-23(21)18-28)25(29)10-5-19-11-13-27-14-12-19;;/h3-4,6-9,16,19H,1-2,5,10-15,17-18H2;;1H/q-1;;. The molecule has 6 heteroatoms. The van der Waals surface area contributed by atoms with Gasteiger partial charge in [-0.1, -0.05) is 37.1 Å². The van der Waals surface area contributed by atoms with Gasteiger partial charge in [-0.3, -0.25) is 9.69 Å². The second kappa shape index (κ2) is 13.4. The zero-order valence-corrected chi connectivity index (χ0v) is 23.6. The summed E-state index contributed by atoms with van der Waals surface area (Å²) in [5.74, 6) is 0.730. The van der Waals surface area contributed by atoms with Crippen molar-refractivity contribution >= 4 is 18.2 Å². The van der Waals surface area contributed by atoms with Crippen LogP contribution in [0.4, 0.5) is 4.39 Å². The van der Waals surface area contributed by atoms with Gasteiger partial charge in [0, 0.05) is 69.1 Å². The number of hydrogen-bond acceptors (Lipinski definition) is 2. The summed E-state index contributed by atoms with van der Waals surface area (Å²) in [5.41, 5.74) is 4.61. The summed E-state index contributed by atoms with van der Waals surface area (Å²) in [4.78, 5) is 15.2. The summed E-state index contributed by atoms with van der Waals surface area (Å²) in [5, 5.41) is 4.40.